The van der Waals surface area contributed by atoms with Gasteiger partial charge in [-0.05, 0) is 33.3 Å². The average Bonchev–Trinajstić information content (AvgIpc) is 3.18. The zero-order chi connectivity index (χ0) is 17.2. The molecule has 2 heterocycles. The highest BCUT2D eigenvalue weighted by Gasteiger charge is 2.19. The lowest BCUT2D eigenvalue weighted by molar-refractivity contribution is 0.347. The molecule has 1 atom stereocenters. The summed E-state index contributed by atoms with van der Waals surface area (Å²) >= 11 is 0. The molecule has 0 radical (unpaired) electrons. The fourth-order valence-electron chi connectivity index (χ4n) is 2.41. The second-order valence-electron chi connectivity index (χ2n) is 6.83. The van der Waals surface area contributed by atoms with Crippen molar-refractivity contribution in [3.8, 4) is 0 Å². The van der Waals surface area contributed by atoms with Gasteiger partial charge in [-0.3, -0.25) is 10.4 Å². The topological polar surface area (TPSA) is 84.3 Å². The SMILES string of the molecule is Cc1nc(C(NCc2cn(C(C)(C)C)nn2)c2ccccc2)n[nH]1. The number of nitrogens with one attached hydrogen (secondary N) is 2. The van der Waals surface area contributed by atoms with Crippen molar-refractivity contribution in [2.75, 3.05) is 0 Å². The van der Waals surface area contributed by atoms with Crippen molar-refractivity contribution in [3.63, 3.8) is 0 Å². The zero-order valence-corrected chi connectivity index (χ0v) is 14.5. The van der Waals surface area contributed by atoms with Gasteiger partial charge in [0.25, 0.3) is 0 Å². The Morgan fingerprint density at radius 2 is 1.96 bits per heavy atom. The lowest BCUT2D eigenvalue weighted by Crippen LogP contribution is -2.24. The van der Waals surface area contributed by atoms with Crippen molar-refractivity contribution in [3.05, 3.63) is 59.4 Å². The first-order chi connectivity index (χ1) is 11.4. The van der Waals surface area contributed by atoms with E-state index < -0.39 is 0 Å². The number of aromatic nitrogens is 6. The van der Waals surface area contributed by atoms with E-state index in [4.69, 9.17) is 0 Å². The number of benzene rings is 1. The van der Waals surface area contributed by atoms with Crippen LogP contribution in [-0.2, 0) is 12.1 Å². The van der Waals surface area contributed by atoms with Gasteiger partial charge in [-0.1, -0.05) is 35.5 Å². The van der Waals surface area contributed by atoms with E-state index >= 15 is 0 Å². The number of rotatable bonds is 5. The van der Waals surface area contributed by atoms with Gasteiger partial charge in [0.2, 0.25) is 0 Å². The van der Waals surface area contributed by atoms with Gasteiger partial charge in [0.05, 0.1) is 23.5 Å². The highest BCUT2D eigenvalue weighted by Crippen LogP contribution is 2.19. The molecule has 0 fully saturated rings. The van der Waals surface area contributed by atoms with Crippen LogP contribution in [0.1, 0.15) is 49.7 Å². The van der Waals surface area contributed by atoms with Gasteiger partial charge in [0, 0.05) is 6.54 Å². The van der Waals surface area contributed by atoms with Crippen LogP contribution in [0.15, 0.2) is 36.5 Å². The molecule has 24 heavy (non-hydrogen) atoms. The minimum atomic E-state index is -0.101. The summed E-state index contributed by atoms with van der Waals surface area (Å²) < 4.78 is 1.87. The molecule has 0 aliphatic rings. The standard InChI is InChI=1S/C17H23N7/c1-12-19-16(22-20-12)15(13-8-6-5-7-9-13)18-10-14-11-24(23-21-14)17(2,3)4/h5-9,11,15,18H,10H2,1-4H3,(H,19,20,22). The molecule has 0 aliphatic carbocycles. The van der Waals surface area contributed by atoms with Crippen LogP contribution < -0.4 is 5.32 Å². The normalized spacial score (nSPS) is 13.2. The van der Waals surface area contributed by atoms with Gasteiger partial charge in [-0.2, -0.15) is 5.10 Å². The summed E-state index contributed by atoms with van der Waals surface area (Å²) in [4.78, 5) is 4.47. The molecule has 0 spiro atoms. The Morgan fingerprint density at radius 1 is 1.21 bits per heavy atom. The fourth-order valence-corrected chi connectivity index (χ4v) is 2.41. The largest absolute Gasteiger partial charge is 0.298 e. The maximum absolute atomic E-state index is 4.47. The predicted octanol–water partition coefficient (Wildman–Crippen LogP) is 2.34. The quantitative estimate of drug-likeness (QED) is 0.752. The van der Waals surface area contributed by atoms with Gasteiger partial charge in [0.1, 0.15) is 5.82 Å². The van der Waals surface area contributed by atoms with E-state index in [1.165, 1.54) is 0 Å². The number of aromatic amines is 1. The van der Waals surface area contributed by atoms with Gasteiger partial charge < -0.3 is 0 Å². The molecule has 126 valence electrons. The number of H-pyrrole nitrogens is 1. The van der Waals surface area contributed by atoms with E-state index in [0.29, 0.717) is 6.54 Å². The predicted molar refractivity (Wildman–Crippen MR) is 91.3 cm³/mol. The van der Waals surface area contributed by atoms with Crippen LogP contribution in [0.5, 0.6) is 0 Å². The van der Waals surface area contributed by atoms with Crippen molar-refractivity contribution in [2.24, 2.45) is 0 Å². The second-order valence-corrected chi connectivity index (χ2v) is 6.83. The molecule has 0 saturated carbocycles. The Bertz CT molecular complexity index is 783. The molecule has 1 aromatic carbocycles. The first-order valence-electron chi connectivity index (χ1n) is 8.02. The summed E-state index contributed by atoms with van der Waals surface area (Å²) in [5.41, 5.74) is 1.92. The van der Waals surface area contributed by atoms with Crippen molar-refractivity contribution >= 4 is 0 Å². The summed E-state index contributed by atoms with van der Waals surface area (Å²) in [5.74, 6) is 1.52. The van der Waals surface area contributed by atoms with Crippen LogP contribution in [0.2, 0.25) is 0 Å². The maximum atomic E-state index is 4.47. The Balaban J connectivity index is 1.79. The molecule has 3 aromatic rings. The van der Waals surface area contributed by atoms with Crippen LogP contribution in [0, 0.1) is 6.92 Å². The van der Waals surface area contributed by atoms with Crippen molar-refractivity contribution < 1.29 is 0 Å². The minimum Gasteiger partial charge on any atom is -0.298 e. The molecule has 1 unspecified atom stereocenters. The Kier molecular flexibility index (Phi) is 4.44. The van der Waals surface area contributed by atoms with E-state index in [1.807, 2.05) is 36.0 Å². The van der Waals surface area contributed by atoms with Crippen LogP contribution >= 0.6 is 0 Å². The summed E-state index contributed by atoms with van der Waals surface area (Å²) in [5, 5.41) is 19.2. The van der Waals surface area contributed by atoms with E-state index in [-0.39, 0.29) is 11.6 Å². The summed E-state index contributed by atoms with van der Waals surface area (Å²) in [6.07, 6.45) is 1.97. The highest BCUT2D eigenvalue weighted by atomic mass is 15.4. The van der Waals surface area contributed by atoms with Crippen LogP contribution in [-0.4, -0.2) is 30.2 Å². The van der Waals surface area contributed by atoms with E-state index in [0.717, 1.165) is 22.9 Å². The van der Waals surface area contributed by atoms with Crippen molar-refractivity contribution in [1.29, 1.82) is 0 Å². The third-order valence-electron chi connectivity index (χ3n) is 3.72. The summed E-state index contributed by atoms with van der Waals surface area (Å²) in [6.45, 7) is 8.78. The molecule has 0 saturated heterocycles. The smallest absolute Gasteiger partial charge is 0.172 e. The van der Waals surface area contributed by atoms with Gasteiger partial charge in [0.15, 0.2) is 5.82 Å². The number of aryl methyl sites for hydroxylation is 1. The van der Waals surface area contributed by atoms with E-state index in [1.54, 1.807) is 0 Å². The third kappa shape index (κ3) is 3.68. The molecule has 2 aromatic heterocycles. The molecule has 0 bridgehead atoms. The van der Waals surface area contributed by atoms with Gasteiger partial charge in [-0.25, -0.2) is 9.67 Å². The lowest BCUT2D eigenvalue weighted by Gasteiger charge is -2.17. The maximum Gasteiger partial charge on any atom is 0.172 e. The minimum absolute atomic E-state index is 0.0784. The molecule has 0 amide bonds. The van der Waals surface area contributed by atoms with Gasteiger partial charge >= 0.3 is 0 Å². The first-order valence-corrected chi connectivity index (χ1v) is 8.02. The molecule has 2 N–H and O–H groups in total. The summed E-state index contributed by atoms with van der Waals surface area (Å²) in [6, 6.07) is 10.1. The second kappa shape index (κ2) is 6.52. The number of nitrogens with zero attached hydrogens (tertiary/aromatic N) is 5. The lowest BCUT2D eigenvalue weighted by atomic mass is 10.1. The van der Waals surface area contributed by atoms with Crippen LogP contribution in [0.4, 0.5) is 0 Å². The van der Waals surface area contributed by atoms with Crippen molar-refractivity contribution in [2.45, 2.75) is 45.8 Å². The third-order valence-corrected chi connectivity index (χ3v) is 3.72. The van der Waals surface area contributed by atoms with Crippen LogP contribution in [0.3, 0.4) is 0 Å². The molecule has 3 rings (SSSR count). The first kappa shape index (κ1) is 16.3. The number of hydrogen-bond donors (Lipinski definition) is 2. The monoisotopic (exact) mass is 325 g/mol. The fraction of sp³-hybridized carbons (Fsp3) is 0.412. The summed E-state index contributed by atoms with van der Waals surface area (Å²) in [7, 11) is 0. The Hall–Kier alpha value is -2.54. The van der Waals surface area contributed by atoms with Crippen LogP contribution in [0.25, 0.3) is 0 Å². The molecular weight excluding hydrogens is 302 g/mol. The Labute approximate surface area is 141 Å². The molecular formula is C17H23N7. The zero-order valence-electron chi connectivity index (χ0n) is 14.5. The highest BCUT2D eigenvalue weighted by molar-refractivity contribution is 5.24. The average molecular weight is 325 g/mol. The molecule has 0 aliphatic heterocycles. The van der Waals surface area contributed by atoms with Crippen molar-refractivity contribution in [1.82, 2.24) is 35.5 Å². The van der Waals surface area contributed by atoms with E-state index in [2.05, 4.69) is 63.7 Å². The number of hydrogen-bond acceptors (Lipinski definition) is 5. The van der Waals surface area contributed by atoms with E-state index in [9.17, 15) is 0 Å². The Morgan fingerprint density at radius 3 is 2.54 bits per heavy atom. The molecule has 7 nitrogen and oxygen atoms in total. The van der Waals surface area contributed by atoms with Gasteiger partial charge in [-0.15, -0.1) is 5.10 Å². The molecule has 7 heteroatoms.